The van der Waals surface area contributed by atoms with Crippen molar-refractivity contribution in [3.8, 4) is 0 Å². The standard InChI is InChI=1S/C26H29ClN4O3S.C19H25N3O2S.C7H4ClNO.CH4/c1-3-20-11-13-22(14-12-20)35(33,34)30-17-15-21(16-18-30)31(25-10-6-7-19(2)28-25)26(32)29-24-9-5-4-8-23(24)27;1-3-16-7-9-18(10-8-16)25(23,24)22-13-11-17(12-14-22)21-19-6-4-5-15(2)20-19;8-6-3-1-2-4-7(6)9-5-10;/h4-14,21H,3,15-18H2,1-2H3,(H,29,32);4-10,17H,3,11-14H2,1-2H3,(H,20,21);1-4H;1H4. The topological polar surface area (TPSA) is 174 Å². The lowest BCUT2D eigenvalue weighted by Crippen LogP contribution is -2.50. The van der Waals surface area contributed by atoms with Crippen molar-refractivity contribution in [3.05, 3.63) is 166 Å². The Labute approximate surface area is 429 Å². The number of aliphatic imine (C=N–C) groups is 1. The average Bonchev–Trinajstić information content (AvgIpc) is 3.36. The van der Waals surface area contributed by atoms with E-state index in [-0.39, 0.29) is 25.5 Å². The van der Waals surface area contributed by atoms with Gasteiger partial charge >= 0.3 is 6.03 Å². The van der Waals surface area contributed by atoms with Crippen LogP contribution in [0.1, 0.15) is 69.5 Å². The molecule has 0 unspecified atom stereocenters. The molecule has 0 radical (unpaired) electrons. The fourth-order valence-corrected chi connectivity index (χ4v) is 11.3. The molecule has 6 aromatic rings. The number of sulfonamides is 2. The molecule has 2 aliphatic rings. The third kappa shape index (κ3) is 15.3. The van der Waals surface area contributed by atoms with Crippen LogP contribution >= 0.6 is 23.2 Å². The first-order chi connectivity index (χ1) is 33.6. The molecule has 4 heterocycles. The maximum absolute atomic E-state index is 13.4. The van der Waals surface area contributed by atoms with Crippen molar-refractivity contribution in [2.24, 2.45) is 4.99 Å². The molecule has 0 spiro atoms. The van der Waals surface area contributed by atoms with Gasteiger partial charge in [-0.05, 0) is 136 Å². The Morgan fingerprint density at radius 3 is 1.65 bits per heavy atom. The summed E-state index contributed by atoms with van der Waals surface area (Å²) in [6.45, 7) is 9.60. The molecule has 0 bridgehead atoms. The number of nitrogens with one attached hydrogen (secondary N) is 2. The number of carbonyl (C=O) groups excluding carboxylic acids is 2. The number of hydrogen-bond acceptors (Lipinski definition) is 10. The molecule has 2 saturated heterocycles. The van der Waals surface area contributed by atoms with Crippen LogP contribution in [0.15, 0.2) is 148 Å². The van der Waals surface area contributed by atoms with E-state index in [9.17, 15) is 26.4 Å². The van der Waals surface area contributed by atoms with E-state index in [1.807, 2.05) is 75.4 Å². The van der Waals surface area contributed by atoms with E-state index in [1.165, 1.54) is 10.4 Å². The summed E-state index contributed by atoms with van der Waals surface area (Å²) in [5, 5.41) is 7.20. The first-order valence-electron chi connectivity index (χ1n) is 23.1. The minimum absolute atomic E-state index is 0. The molecule has 2 N–H and O–H groups in total. The number of amides is 2. The molecule has 2 fully saturated rings. The minimum Gasteiger partial charge on any atom is -0.367 e. The predicted molar refractivity (Wildman–Crippen MR) is 286 cm³/mol. The van der Waals surface area contributed by atoms with Crippen LogP contribution in [0.4, 0.5) is 27.8 Å². The zero-order valence-corrected chi connectivity index (χ0v) is 42.8. The summed E-state index contributed by atoms with van der Waals surface area (Å²) < 4.78 is 55.1. The highest BCUT2D eigenvalue weighted by molar-refractivity contribution is 7.89. The molecule has 2 aromatic heterocycles. The summed E-state index contributed by atoms with van der Waals surface area (Å²) in [5.41, 5.74) is 4.96. The number of aromatic nitrogens is 2. The molecule has 14 nitrogen and oxygen atoms in total. The smallest absolute Gasteiger partial charge is 0.327 e. The van der Waals surface area contributed by atoms with Crippen molar-refractivity contribution < 1.29 is 26.4 Å². The molecule has 376 valence electrons. The number of para-hydroxylation sites is 2. The Hall–Kier alpha value is -5.97. The summed E-state index contributed by atoms with van der Waals surface area (Å²) in [6, 6.07) is 39.2. The van der Waals surface area contributed by atoms with Gasteiger partial charge in [0, 0.05) is 49.7 Å². The zero-order valence-electron chi connectivity index (χ0n) is 39.6. The number of rotatable bonds is 12. The summed E-state index contributed by atoms with van der Waals surface area (Å²) in [7, 11) is -7.00. The highest BCUT2D eigenvalue weighted by Gasteiger charge is 2.35. The molecule has 2 amide bonds. The van der Waals surface area contributed by atoms with Gasteiger partial charge in [0.2, 0.25) is 26.1 Å². The van der Waals surface area contributed by atoms with Crippen molar-refractivity contribution in [2.75, 3.05) is 41.7 Å². The fourth-order valence-electron chi connectivity index (χ4n) is 7.96. The number of benzene rings is 4. The number of aryl methyl sites for hydroxylation is 4. The van der Waals surface area contributed by atoms with Gasteiger partial charge in [0.1, 0.15) is 11.6 Å². The largest absolute Gasteiger partial charge is 0.367 e. The molecule has 4 aromatic carbocycles. The van der Waals surface area contributed by atoms with Gasteiger partial charge in [0.25, 0.3) is 0 Å². The number of halogens is 2. The molecule has 8 rings (SSSR count). The van der Waals surface area contributed by atoms with E-state index in [2.05, 4.69) is 32.5 Å². The van der Waals surface area contributed by atoms with E-state index in [4.69, 9.17) is 23.2 Å². The molecule has 18 heteroatoms. The second-order valence-corrected chi connectivity index (χ2v) is 21.4. The Kier molecular flexibility index (Phi) is 20.9. The Balaban J connectivity index is 0.000000226. The van der Waals surface area contributed by atoms with Gasteiger partial charge in [0.15, 0.2) is 0 Å². The number of hydrogen-bond donors (Lipinski definition) is 2. The number of carbonyl (C=O) groups is 1. The van der Waals surface area contributed by atoms with Gasteiger partial charge in [-0.2, -0.15) is 13.6 Å². The zero-order chi connectivity index (χ0) is 50.3. The third-order valence-corrected chi connectivity index (χ3v) is 16.4. The van der Waals surface area contributed by atoms with Crippen LogP contribution < -0.4 is 15.5 Å². The van der Waals surface area contributed by atoms with Gasteiger partial charge in [-0.25, -0.2) is 36.4 Å². The molecule has 0 saturated carbocycles. The monoisotopic (exact) mass is 1040 g/mol. The summed E-state index contributed by atoms with van der Waals surface area (Å²) in [5.74, 6) is 1.38. The van der Waals surface area contributed by atoms with Crippen molar-refractivity contribution in [1.82, 2.24) is 18.6 Å². The third-order valence-electron chi connectivity index (χ3n) is 11.9. The van der Waals surface area contributed by atoms with E-state index in [0.717, 1.165) is 54.0 Å². The quantitative estimate of drug-likeness (QED) is 0.0893. The highest BCUT2D eigenvalue weighted by Crippen LogP contribution is 2.29. The van der Waals surface area contributed by atoms with Crippen molar-refractivity contribution in [2.45, 2.75) is 95.5 Å². The predicted octanol–water partition coefficient (Wildman–Crippen LogP) is 11.7. The second kappa shape index (κ2) is 26.5. The SMILES string of the molecule is C.CCc1ccc(S(=O)(=O)N2CCC(N(C(=O)Nc3ccccc3Cl)c3cccc(C)n3)CC2)cc1.CCc1ccc(S(=O)(=O)N2CCC(Nc3cccc(C)n3)CC2)cc1.O=C=Nc1ccccc1Cl. The molecule has 71 heavy (non-hydrogen) atoms. The van der Waals surface area contributed by atoms with Gasteiger partial charge in [-0.1, -0.05) is 105 Å². The van der Waals surface area contributed by atoms with E-state index in [1.54, 1.807) is 88.1 Å². The maximum atomic E-state index is 13.4. The van der Waals surface area contributed by atoms with Gasteiger partial charge in [-0.3, -0.25) is 4.90 Å². The summed E-state index contributed by atoms with van der Waals surface area (Å²) in [6.07, 6.45) is 5.70. The Bertz CT molecular complexity index is 2960. The maximum Gasteiger partial charge on any atom is 0.327 e. The van der Waals surface area contributed by atoms with Crippen molar-refractivity contribution in [3.63, 3.8) is 0 Å². The number of isocyanates is 1. The number of piperidine rings is 2. The molecule has 0 aliphatic carbocycles. The van der Waals surface area contributed by atoms with Crippen molar-refractivity contribution in [1.29, 1.82) is 0 Å². The van der Waals surface area contributed by atoms with Crippen LogP contribution in [-0.2, 0) is 37.7 Å². The van der Waals surface area contributed by atoms with Crippen molar-refractivity contribution >= 4 is 78.4 Å². The summed E-state index contributed by atoms with van der Waals surface area (Å²) >= 11 is 11.9. The molecular formula is C53H62Cl2N8O6S2. The van der Waals surface area contributed by atoms with E-state index < -0.39 is 20.0 Å². The number of anilines is 3. The first-order valence-corrected chi connectivity index (χ1v) is 26.8. The molecule has 0 atom stereocenters. The first kappa shape index (κ1) is 56.0. The number of nitrogens with zero attached hydrogens (tertiary/aromatic N) is 6. The Morgan fingerprint density at radius 1 is 0.662 bits per heavy atom. The van der Waals surface area contributed by atoms with Crippen LogP contribution in [0.3, 0.4) is 0 Å². The minimum atomic E-state index is -3.60. The number of pyridine rings is 2. The Morgan fingerprint density at radius 2 is 1.15 bits per heavy atom. The normalized spacial score (nSPS) is 14.5. The van der Waals surface area contributed by atoms with Crippen LogP contribution in [0, 0.1) is 13.8 Å². The second-order valence-electron chi connectivity index (χ2n) is 16.7. The van der Waals surface area contributed by atoms with Crippen LogP contribution in [0.5, 0.6) is 0 Å². The summed E-state index contributed by atoms with van der Waals surface area (Å²) in [4.78, 5) is 37.9. The van der Waals surface area contributed by atoms with E-state index in [0.29, 0.717) is 76.0 Å². The lowest BCUT2D eigenvalue weighted by Gasteiger charge is -2.37. The van der Waals surface area contributed by atoms with Gasteiger partial charge < -0.3 is 10.6 Å². The fraction of sp³-hybridized carbons (Fsp3) is 0.321. The van der Waals surface area contributed by atoms with Gasteiger partial charge in [0.05, 0.1) is 31.2 Å². The average molecular weight is 1040 g/mol. The molecular weight excluding hydrogens is 980 g/mol. The lowest BCUT2D eigenvalue weighted by atomic mass is 10.0. The number of urea groups is 1. The van der Waals surface area contributed by atoms with E-state index >= 15 is 0 Å². The lowest BCUT2D eigenvalue weighted by molar-refractivity contribution is 0.248. The van der Waals surface area contributed by atoms with Crippen LogP contribution in [0.2, 0.25) is 10.0 Å². The van der Waals surface area contributed by atoms with Crippen LogP contribution in [-0.4, -0.2) is 85.8 Å². The van der Waals surface area contributed by atoms with Gasteiger partial charge in [-0.15, -0.1) is 0 Å². The van der Waals surface area contributed by atoms with Crippen LogP contribution in [0.25, 0.3) is 0 Å². The molecule has 2 aliphatic heterocycles. The highest BCUT2D eigenvalue weighted by atomic mass is 35.5.